The molecule has 150 valence electrons. The van der Waals surface area contributed by atoms with Crippen LogP contribution in [0.3, 0.4) is 0 Å². The molecule has 1 aromatic heterocycles. The zero-order valence-electron chi connectivity index (χ0n) is 15.3. The molecule has 1 aromatic carbocycles. The monoisotopic (exact) mass is 425 g/mol. The van der Waals surface area contributed by atoms with E-state index < -0.39 is 17.9 Å². The van der Waals surface area contributed by atoms with E-state index in [0.717, 1.165) is 25.1 Å². The van der Waals surface area contributed by atoms with E-state index in [-0.39, 0.29) is 34.7 Å². The molecule has 0 bridgehead atoms. The first-order chi connectivity index (χ1) is 13.5. The molecule has 0 radical (unpaired) electrons. The summed E-state index contributed by atoms with van der Waals surface area (Å²) in [7, 11) is 0. The van der Waals surface area contributed by atoms with Gasteiger partial charge in [0.15, 0.2) is 0 Å². The summed E-state index contributed by atoms with van der Waals surface area (Å²) in [6.45, 7) is 2.82. The van der Waals surface area contributed by atoms with Gasteiger partial charge in [-0.05, 0) is 38.4 Å². The Balaban J connectivity index is 1.75. The maximum atomic E-state index is 12.7. The number of amides is 1. The average Bonchev–Trinajstić information content (AvgIpc) is 3.33. The standard InChI is InChI=1S/C19H21Cl2N3O4/c1-2-27-19(26)16(23-18(25)17-12(20)5-3-6-13(17)21)10-11-9-15(24-28-11)14-7-4-8-22-14/h3,5-6,9,14,16,22H,2,4,7-8,10H2,1H3,(H,23,25). The minimum atomic E-state index is -0.961. The molecule has 2 unspecified atom stereocenters. The fraction of sp³-hybridized carbons (Fsp3) is 0.421. The lowest BCUT2D eigenvalue weighted by Crippen LogP contribution is -2.43. The van der Waals surface area contributed by atoms with Crippen molar-refractivity contribution in [1.29, 1.82) is 0 Å². The molecule has 9 heteroatoms. The highest BCUT2D eigenvalue weighted by molar-refractivity contribution is 6.39. The normalized spacial score (nSPS) is 17.3. The highest BCUT2D eigenvalue weighted by Crippen LogP contribution is 2.25. The number of carbonyl (C=O) groups excluding carboxylic acids is 2. The van der Waals surface area contributed by atoms with Crippen molar-refractivity contribution in [2.45, 2.75) is 38.3 Å². The van der Waals surface area contributed by atoms with E-state index in [1.165, 1.54) is 0 Å². The summed E-state index contributed by atoms with van der Waals surface area (Å²) < 4.78 is 10.5. The number of nitrogens with one attached hydrogen (secondary N) is 2. The van der Waals surface area contributed by atoms with Crippen molar-refractivity contribution in [2.24, 2.45) is 0 Å². The molecule has 1 fully saturated rings. The first-order valence-corrected chi connectivity index (χ1v) is 9.85. The Hall–Kier alpha value is -2.09. The van der Waals surface area contributed by atoms with Gasteiger partial charge in [0.2, 0.25) is 0 Å². The molecule has 7 nitrogen and oxygen atoms in total. The average molecular weight is 426 g/mol. The van der Waals surface area contributed by atoms with Gasteiger partial charge in [0.05, 0.1) is 28.3 Å². The molecule has 1 aliphatic heterocycles. The summed E-state index contributed by atoms with van der Waals surface area (Å²) in [4.78, 5) is 25.0. The number of carbonyl (C=O) groups is 2. The van der Waals surface area contributed by atoms with Crippen LogP contribution >= 0.6 is 23.2 Å². The van der Waals surface area contributed by atoms with Crippen LogP contribution in [0, 0.1) is 0 Å². The van der Waals surface area contributed by atoms with E-state index in [1.807, 2.05) is 0 Å². The molecule has 3 rings (SSSR count). The van der Waals surface area contributed by atoms with Gasteiger partial charge in [0.25, 0.3) is 5.91 Å². The van der Waals surface area contributed by atoms with Crippen LogP contribution < -0.4 is 10.6 Å². The third-order valence-corrected chi connectivity index (χ3v) is 5.10. The Kier molecular flexibility index (Phi) is 6.93. The van der Waals surface area contributed by atoms with E-state index in [0.29, 0.717) is 5.76 Å². The summed E-state index contributed by atoms with van der Waals surface area (Å²) in [5, 5.41) is 10.4. The molecule has 0 saturated carbocycles. The Morgan fingerprint density at radius 3 is 2.79 bits per heavy atom. The maximum Gasteiger partial charge on any atom is 0.329 e. The van der Waals surface area contributed by atoms with E-state index in [1.54, 1.807) is 31.2 Å². The Morgan fingerprint density at radius 2 is 2.14 bits per heavy atom. The summed E-state index contributed by atoms with van der Waals surface area (Å²) in [6.07, 6.45) is 2.16. The molecule has 1 saturated heterocycles. The van der Waals surface area contributed by atoms with Gasteiger partial charge in [-0.25, -0.2) is 4.79 Å². The van der Waals surface area contributed by atoms with Crippen LogP contribution in [0.5, 0.6) is 0 Å². The zero-order chi connectivity index (χ0) is 20.1. The molecular weight excluding hydrogens is 405 g/mol. The van der Waals surface area contributed by atoms with Crippen LogP contribution in [0.2, 0.25) is 10.0 Å². The number of halogens is 2. The van der Waals surface area contributed by atoms with Crippen molar-refractivity contribution in [2.75, 3.05) is 13.2 Å². The number of hydrogen-bond acceptors (Lipinski definition) is 6. The van der Waals surface area contributed by atoms with Crippen molar-refractivity contribution in [1.82, 2.24) is 15.8 Å². The van der Waals surface area contributed by atoms with E-state index in [9.17, 15) is 9.59 Å². The van der Waals surface area contributed by atoms with Crippen LogP contribution in [0.1, 0.15) is 47.6 Å². The summed E-state index contributed by atoms with van der Waals surface area (Å²) in [6, 6.07) is 5.73. The molecule has 1 amide bonds. The summed E-state index contributed by atoms with van der Waals surface area (Å²) in [5.41, 5.74) is 0.893. The van der Waals surface area contributed by atoms with Crippen LogP contribution in [0.25, 0.3) is 0 Å². The molecule has 0 spiro atoms. The quantitative estimate of drug-likeness (QED) is 0.660. The maximum absolute atomic E-state index is 12.7. The predicted octanol–water partition coefficient (Wildman–Crippen LogP) is 3.31. The number of nitrogens with zero attached hydrogens (tertiary/aromatic N) is 1. The van der Waals surface area contributed by atoms with Gasteiger partial charge < -0.3 is 19.9 Å². The van der Waals surface area contributed by atoms with Crippen LogP contribution in [0.4, 0.5) is 0 Å². The second-order valence-electron chi connectivity index (χ2n) is 6.45. The molecule has 28 heavy (non-hydrogen) atoms. The van der Waals surface area contributed by atoms with Gasteiger partial charge in [-0.3, -0.25) is 4.79 Å². The molecule has 2 heterocycles. The van der Waals surface area contributed by atoms with Crippen LogP contribution in [-0.2, 0) is 16.0 Å². The molecular formula is C19H21Cl2N3O4. The molecule has 0 aliphatic carbocycles. The number of ether oxygens (including phenoxy) is 1. The van der Waals surface area contributed by atoms with Gasteiger partial charge in [-0.2, -0.15) is 0 Å². The Labute approximate surface area is 172 Å². The van der Waals surface area contributed by atoms with Gasteiger partial charge in [0, 0.05) is 12.5 Å². The second kappa shape index (κ2) is 9.41. The van der Waals surface area contributed by atoms with Crippen molar-refractivity contribution in [3.05, 3.63) is 51.3 Å². The molecule has 2 N–H and O–H groups in total. The highest BCUT2D eigenvalue weighted by atomic mass is 35.5. The molecule has 1 aliphatic rings. The smallest absolute Gasteiger partial charge is 0.329 e. The summed E-state index contributed by atoms with van der Waals surface area (Å²) >= 11 is 12.2. The first-order valence-electron chi connectivity index (χ1n) is 9.10. The minimum Gasteiger partial charge on any atom is -0.464 e. The second-order valence-corrected chi connectivity index (χ2v) is 7.26. The van der Waals surface area contributed by atoms with Crippen LogP contribution in [0.15, 0.2) is 28.8 Å². The lowest BCUT2D eigenvalue weighted by Gasteiger charge is -2.17. The van der Waals surface area contributed by atoms with E-state index >= 15 is 0 Å². The number of esters is 1. The lowest BCUT2D eigenvalue weighted by atomic mass is 10.1. The third kappa shape index (κ3) is 4.84. The lowest BCUT2D eigenvalue weighted by molar-refractivity contribution is -0.145. The van der Waals surface area contributed by atoms with Crippen molar-refractivity contribution in [3.63, 3.8) is 0 Å². The fourth-order valence-corrected chi connectivity index (χ4v) is 3.68. The van der Waals surface area contributed by atoms with E-state index in [4.69, 9.17) is 32.5 Å². The van der Waals surface area contributed by atoms with Crippen LogP contribution in [-0.4, -0.2) is 36.2 Å². The van der Waals surface area contributed by atoms with E-state index in [2.05, 4.69) is 15.8 Å². The van der Waals surface area contributed by atoms with Gasteiger partial charge in [0.1, 0.15) is 17.5 Å². The topological polar surface area (TPSA) is 93.5 Å². The molecule has 2 aromatic rings. The molecule has 2 atom stereocenters. The fourth-order valence-electron chi connectivity index (χ4n) is 3.11. The van der Waals surface area contributed by atoms with Crippen molar-refractivity contribution < 1.29 is 18.8 Å². The third-order valence-electron chi connectivity index (χ3n) is 4.47. The number of benzene rings is 1. The van der Waals surface area contributed by atoms with Crippen molar-refractivity contribution in [3.8, 4) is 0 Å². The largest absolute Gasteiger partial charge is 0.464 e. The highest BCUT2D eigenvalue weighted by Gasteiger charge is 2.28. The van der Waals surface area contributed by atoms with Gasteiger partial charge in [-0.15, -0.1) is 0 Å². The number of hydrogen-bond donors (Lipinski definition) is 2. The Morgan fingerprint density at radius 1 is 1.39 bits per heavy atom. The minimum absolute atomic E-state index is 0.104. The first kappa shape index (κ1) is 20.6. The van der Waals surface area contributed by atoms with Gasteiger partial charge in [-0.1, -0.05) is 34.4 Å². The summed E-state index contributed by atoms with van der Waals surface area (Å²) in [5.74, 6) is -0.658. The predicted molar refractivity (Wildman–Crippen MR) is 105 cm³/mol. The zero-order valence-corrected chi connectivity index (χ0v) is 16.8. The number of rotatable bonds is 7. The van der Waals surface area contributed by atoms with Crippen molar-refractivity contribution >= 4 is 35.1 Å². The van der Waals surface area contributed by atoms with Gasteiger partial charge >= 0.3 is 5.97 Å². The number of aromatic nitrogens is 1. The SMILES string of the molecule is CCOC(=O)C(Cc1cc(C2CCCN2)no1)NC(=O)c1c(Cl)cccc1Cl. The Bertz CT molecular complexity index is 829.